The molecule has 1 aliphatic rings. The van der Waals surface area contributed by atoms with Gasteiger partial charge in [-0.3, -0.25) is 0 Å². The molecule has 3 nitrogen and oxygen atoms in total. The van der Waals surface area contributed by atoms with Crippen LogP contribution in [0, 0.1) is 0 Å². The van der Waals surface area contributed by atoms with Crippen molar-refractivity contribution in [2.75, 3.05) is 7.11 Å². The number of rotatable bonds is 4. The minimum Gasteiger partial charge on any atom is -0.497 e. The number of benzene rings is 1. The first-order valence-corrected chi connectivity index (χ1v) is 7.23. The van der Waals surface area contributed by atoms with Gasteiger partial charge in [-0.1, -0.05) is 12.8 Å². The molecule has 0 spiro atoms. The molecular formula is C16H24O3. The summed E-state index contributed by atoms with van der Waals surface area (Å²) in [5.74, 6) is 1.54. The van der Waals surface area contributed by atoms with E-state index in [1.54, 1.807) is 14.0 Å². The standard InChI is InChI=1S/C16H24O3/c1-12(17)15-10-9-14(18-2)11-16(15)19-13-7-5-3-4-6-8-13/h9-13,17H,3-8H2,1-2H3/t12-/m0/s1. The fourth-order valence-electron chi connectivity index (χ4n) is 2.63. The van der Waals surface area contributed by atoms with Gasteiger partial charge < -0.3 is 14.6 Å². The van der Waals surface area contributed by atoms with Crippen LogP contribution in [0.3, 0.4) is 0 Å². The Morgan fingerprint density at radius 1 is 1.16 bits per heavy atom. The van der Waals surface area contributed by atoms with Crippen LogP contribution in [0.5, 0.6) is 11.5 Å². The summed E-state index contributed by atoms with van der Waals surface area (Å²) < 4.78 is 11.4. The highest BCUT2D eigenvalue weighted by Crippen LogP contribution is 2.32. The summed E-state index contributed by atoms with van der Waals surface area (Å²) in [4.78, 5) is 0. The second-order valence-electron chi connectivity index (χ2n) is 5.31. The molecule has 1 aliphatic carbocycles. The Kier molecular flexibility index (Phi) is 5.08. The van der Waals surface area contributed by atoms with E-state index in [2.05, 4.69) is 0 Å². The summed E-state index contributed by atoms with van der Waals surface area (Å²) in [6.07, 6.45) is 7.05. The molecule has 1 N–H and O–H groups in total. The number of aliphatic hydroxyl groups excluding tert-OH is 1. The molecule has 0 unspecified atom stereocenters. The van der Waals surface area contributed by atoms with E-state index in [4.69, 9.17) is 9.47 Å². The molecule has 0 radical (unpaired) electrons. The van der Waals surface area contributed by atoms with Crippen molar-refractivity contribution in [1.82, 2.24) is 0 Å². The fourth-order valence-corrected chi connectivity index (χ4v) is 2.63. The minimum absolute atomic E-state index is 0.270. The molecule has 0 heterocycles. The summed E-state index contributed by atoms with van der Waals surface area (Å²) in [7, 11) is 1.65. The van der Waals surface area contributed by atoms with Crippen LogP contribution in [0.4, 0.5) is 0 Å². The Morgan fingerprint density at radius 2 is 1.84 bits per heavy atom. The molecule has 106 valence electrons. The van der Waals surface area contributed by atoms with Crippen molar-refractivity contribution in [1.29, 1.82) is 0 Å². The van der Waals surface area contributed by atoms with E-state index in [-0.39, 0.29) is 6.10 Å². The van der Waals surface area contributed by atoms with Crippen LogP contribution in [0.15, 0.2) is 18.2 Å². The van der Waals surface area contributed by atoms with Gasteiger partial charge in [-0.25, -0.2) is 0 Å². The van der Waals surface area contributed by atoms with Gasteiger partial charge in [-0.2, -0.15) is 0 Å². The quantitative estimate of drug-likeness (QED) is 0.839. The van der Waals surface area contributed by atoms with Crippen LogP contribution < -0.4 is 9.47 Å². The van der Waals surface area contributed by atoms with Gasteiger partial charge in [0.2, 0.25) is 0 Å². The van der Waals surface area contributed by atoms with Crippen molar-refractivity contribution < 1.29 is 14.6 Å². The normalized spacial score (nSPS) is 18.7. The largest absolute Gasteiger partial charge is 0.497 e. The average Bonchev–Trinajstić information content (AvgIpc) is 2.67. The Labute approximate surface area is 115 Å². The maximum absolute atomic E-state index is 9.83. The highest BCUT2D eigenvalue weighted by molar-refractivity contribution is 5.42. The Balaban J connectivity index is 2.16. The van der Waals surface area contributed by atoms with Crippen molar-refractivity contribution in [3.8, 4) is 11.5 Å². The monoisotopic (exact) mass is 264 g/mol. The first-order valence-electron chi connectivity index (χ1n) is 7.23. The zero-order valence-corrected chi connectivity index (χ0v) is 11.9. The molecule has 0 amide bonds. The molecule has 1 saturated carbocycles. The Bertz CT molecular complexity index is 393. The van der Waals surface area contributed by atoms with Crippen LogP contribution in [-0.4, -0.2) is 18.3 Å². The molecule has 1 fully saturated rings. The van der Waals surface area contributed by atoms with E-state index in [0.717, 1.165) is 29.9 Å². The molecule has 1 aromatic rings. The van der Waals surface area contributed by atoms with Crippen LogP contribution in [0.25, 0.3) is 0 Å². The van der Waals surface area contributed by atoms with Crippen LogP contribution >= 0.6 is 0 Å². The first kappa shape index (κ1) is 14.2. The molecular weight excluding hydrogens is 240 g/mol. The first-order chi connectivity index (χ1) is 9.20. The molecule has 0 bridgehead atoms. The van der Waals surface area contributed by atoms with Gasteiger partial charge in [0.1, 0.15) is 11.5 Å². The van der Waals surface area contributed by atoms with E-state index in [1.807, 2.05) is 18.2 Å². The number of hydrogen-bond acceptors (Lipinski definition) is 3. The smallest absolute Gasteiger partial charge is 0.129 e. The lowest BCUT2D eigenvalue weighted by Crippen LogP contribution is -2.16. The van der Waals surface area contributed by atoms with E-state index in [9.17, 15) is 5.11 Å². The fraction of sp³-hybridized carbons (Fsp3) is 0.625. The van der Waals surface area contributed by atoms with Gasteiger partial charge in [0.25, 0.3) is 0 Å². The van der Waals surface area contributed by atoms with Gasteiger partial charge in [-0.05, 0) is 44.7 Å². The third kappa shape index (κ3) is 3.87. The zero-order valence-electron chi connectivity index (χ0n) is 11.9. The average molecular weight is 264 g/mol. The topological polar surface area (TPSA) is 38.7 Å². The van der Waals surface area contributed by atoms with Crippen molar-refractivity contribution in [2.24, 2.45) is 0 Å². The highest BCUT2D eigenvalue weighted by atomic mass is 16.5. The lowest BCUT2D eigenvalue weighted by molar-refractivity contribution is 0.161. The van der Waals surface area contributed by atoms with Crippen molar-refractivity contribution >= 4 is 0 Å². The van der Waals surface area contributed by atoms with Crippen molar-refractivity contribution in [2.45, 2.75) is 57.7 Å². The Morgan fingerprint density at radius 3 is 2.42 bits per heavy atom. The molecule has 1 aromatic carbocycles. The van der Waals surface area contributed by atoms with Crippen LogP contribution in [0.2, 0.25) is 0 Å². The number of methoxy groups -OCH3 is 1. The second kappa shape index (κ2) is 6.80. The van der Waals surface area contributed by atoms with E-state index < -0.39 is 6.10 Å². The second-order valence-corrected chi connectivity index (χ2v) is 5.31. The van der Waals surface area contributed by atoms with Crippen molar-refractivity contribution in [3.05, 3.63) is 23.8 Å². The molecule has 0 saturated heterocycles. The number of aliphatic hydroxyl groups is 1. The molecule has 0 aromatic heterocycles. The highest BCUT2D eigenvalue weighted by Gasteiger charge is 2.17. The summed E-state index contributed by atoms with van der Waals surface area (Å²) in [6.45, 7) is 1.77. The van der Waals surface area contributed by atoms with E-state index in [0.29, 0.717) is 0 Å². The minimum atomic E-state index is -0.522. The molecule has 0 aliphatic heterocycles. The molecule has 1 atom stereocenters. The maximum atomic E-state index is 9.83. The van der Waals surface area contributed by atoms with Crippen molar-refractivity contribution in [3.63, 3.8) is 0 Å². The lowest BCUT2D eigenvalue weighted by atomic mass is 10.1. The third-order valence-electron chi connectivity index (χ3n) is 3.77. The predicted molar refractivity (Wildman–Crippen MR) is 75.7 cm³/mol. The van der Waals surface area contributed by atoms with E-state index >= 15 is 0 Å². The third-order valence-corrected chi connectivity index (χ3v) is 3.77. The van der Waals surface area contributed by atoms with Gasteiger partial charge in [-0.15, -0.1) is 0 Å². The van der Waals surface area contributed by atoms with Gasteiger partial charge in [0, 0.05) is 11.6 Å². The van der Waals surface area contributed by atoms with Gasteiger partial charge in [0.15, 0.2) is 0 Å². The zero-order chi connectivity index (χ0) is 13.7. The molecule has 3 heteroatoms. The lowest BCUT2D eigenvalue weighted by Gasteiger charge is -2.21. The van der Waals surface area contributed by atoms with Crippen LogP contribution in [0.1, 0.15) is 57.1 Å². The summed E-state index contributed by atoms with van der Waals surface area (Å²) in [6, 6.07) is 5.63. The Hall–Kier alpha value is -1.22. The number of ether oxygens (including phenoxy) is 2. The SMILES string of the molecule is COc1ccc([C@H](C)O)c(OC2CCCCCC2)c1. The molecule has 2 rings (SSSR count). The predicted octanol–water partition coefficient (Wildman–Crippen LogP) is 3.85. The molecule has 19 heavy (non-hydrogen) atoms. The van der Waals surface area contributed by atoms with E-state index in [1.165, 1.54) is 25.7 Å². The summed E-state index contributed by atoms with van der Waals surface area (Å²) in [5.41, 5.74) is 0.838. The van der Waals surface area contributed by atoms with Crippen LogP contribution in [-0.2, 0) is 0 Å². The number of hydrogen-bond donors (Lipinski definition) is 1. The van der Waals surface area contributed by atoms with Gasteiger partial charge in [0.05, 0.1) is 19.3 Å². The maximum Gasteiger partial charge on any atom is 0.129 e. The summed E-state index contributed by atoms with van der Waals surface area (Å²) >= 11 is 0. The van der Waals surface area contributed by atoms with Gasteiger partial charge >= 0.3 is 0 Å². The summed E-state index contributed by atoms with van der Waals surface area (Å²) in [5, 5.41) is 9.83.